The summed E-state index contributed by atoms with van der Waals surface area (Å²) in [6.45, 7) is 3.61. The second-order valence-electron chi connectivity index (χ2n) is 5.60. The van der Waals surface area contributed by atoms with Gasteiger partial charge in [0.25, 0.3) is 6.47 Å². The van der Waals surface area contributed by atoms with Crippen LogP contribution in [0.15, 0.2) is 0 Å². The third kappa shape index (κ3) is 2.99. The quantitative estimate of drug-likeness (QED) is 0.769. The summed E-state index contributed by atoms with van der Waals surface area (Å²) in [5.74, 6) is -0.625. The first-order valence-corrected chi connectivity index (χ1v) is 5.62. The van der Waals surface area contributed by atoms with E-state index in [2.05, 4.69) is 4.74 Å². The van der Waals surface area contributed by atoms with Crippen LogP contribution in [0.5, 0.6) is 0 Å². The Labute approximate surface area is 108 Å². The minimum Gasteiger partial charge on any atom is -0.444 e. The van der Waals surface area contributed by atoms with Crippen molar-refractivity contribution in [3.8, 4) is 0 Å². The van der Waals surface area contributed by atoms with Gasteiger partial charge in [0.15, 0.2) is 11.8 Å². The van der Waals surface area contributed by atoms with E-state index in [1.807, 2.05) is 0 Å². The number of alkyl halides is 3. The average Bonchev–Trinajstić information content (AvgIpc) is 2.54. The van der Waals surface area contributed by atoms with Crippen molar-refractivity contribution in [2.24, 2.45) is 5.41 Å². The van der Waals surface area contributed by atoms with Crippen molar-refractivity contribution in [2.75, 3.05) is 6.54 Å². The van der Waals surface area contributed by atoms with Gasteiger partial charge in [-0.1, -0.05) is 20.8 Å². The van der Waals surface area contributed by atoms with Crippen molar-refractivity contribution >= 4 is 12.4 Å². The third-order valence-electron chi connectivity index (χ3n) is 2.93. The van der Waals surface area contributed by atoms with Crippen LogP contribution in [0, 0.1) is 5.41 Å². The molecule has 0 radical (unpaired) electrons. The van der Waals surface area contributed by atoms with Gasteiger partial charge in [-0.05, 0) is 0 Å². The zero-order chi connectivity index (χ0) is 15.1. The minimum atomic E-state index is -4.90. The van der Waals surface area contributed by atoms with Crippen molar-refractivity contribution in [1.29, 1.82) is 0 Å². The Morgan fingerprint density at radius 1 is 1.42 bits per heavy atom. The maximum absolute atomic E-state index is 12.8. The van der Waals surface area contributed by atoms with Crippen LogP contribution in [-0.2, 0) is 14.3 Å². The topological polar surface area (TPSA) is 66.8 Å². The molecule has 110 valence electrons. The highest BCUT2D eigenvalue weighted by atomic mass is 19.4. The van der Waals surface area contributed by atoms with Gasteiger partial charge in [-0.3, -0.25) is 9.59 Å². The van der Waals surface area contributed by atoms with Crippen molar-refractivity contribution in [3.63, 3.8) is 0 Å². The molecule has 1 saturated heterocycles. The predicted octanol–water partition coefficient (Wildman–Crippen LogP) is 1.06. The number of carbonyl (C=O) groups is 2. The van der Waals surface area contributed by atoms with E-state index in [9.17, 15) is 27.9 Å². The highest BCUT2D eigenvalue weighted by Crippen LogP contribution is 2.41. The minimum absolute atomic E-state index is 0.0320. The number of amides is 1. The lowest BCUT2D eigenvalue weighted by atomic mass is 9.95. The average molecular weight is 283 g/mol. The second-order valence-corrected chi connectivity index (χ2v) is 5.60. The molecule has 5 nitrogen and oxygen atoms in total. The monoisotopic (exact) mass is 283 g/mol. The summed E-state index contributed by atoms with van der Waals surface area (Å²) in [4.78, 5) is 23.1. The van der Waals surface area contributed by atoms with Crippen LogP contribution >= 0.6 is 0 Å². The first-order valence-electron chi connectivity index (χ1n) is 5.62. The fourth-order valence-corrected chi connectivity index (χ4v) is 1.87. The molecule has 1 rings (SSSR count). The molecule has 1 N–H and O–H groups in total. The van der Waals surface area contributed by atoms with E-state index in [-0.39, 0.29) is 6.47 Å². The first kappa shape index (κ1) is 15.7. The number of nitrogens with zero attached hydrogens (tertiary/aromatic N) is 1. The summed E-state index contributed by atoms with van der Waals surface area (Å²) >= 11 is 0. The van der Waals surface area contributed by atoms with Crippen LogP contribution in [0.1, 0.15) is 27.2 Å². The van der Waals surface area contributed by atoms with E-state index in [1.54, 1.807) is 0 Å². The molecule has 0 saturated carbocycles. The van der Waals surface area contributed by atoms with Crippen LogP contribution in [0.2, 0.25) is 0 Å². The highest BCUT2D eigenvalue weighted by Gasteiger charge is 2.62. The molecule has 0 bridgehead atoms. The van der Waals surface area contributed by atoms with Gasteiger partial charge < -0.3 is 14.7 Å². The standard InChI is InChI=1S/C11H16F3NO4/c1-9(2,3)8(17)15-5-10(18,11(12,13)14)4-7(15)19-6-16/h6-7,18H,4-5H2,1-3H3/t7-,10?/m1/s1. The molecule has 0 aromatic rings. The fourth-order valence-electron chi connectivity index (χ4n) is 1.87. The summed E-state index contributed by atoms with van der Waals surface area (Å²) in [5, 5.41) is 9.60. The Balaban J connectivity index is 3.04. The van der Waals surface area contributed by atoms with Crippen molar-refractivity contribution in [2.45, 2.75) is 45.2 Å². The van der Waals surface area contributed by atoms with Crippen LogP contribution in [-0.4, -0.2) is 46.9 Å². The molecule has 2 atom stereocenters. The lowest BCUT2D eigenvalue weighted by Gasteiger charge is -2.30. The maximum Gasteiger partial charge on any atom is 0.419 e. The van der Waals surface area contributed by atoms with Gasteiger partial charge in [0.2, 0.25) is 5.91 Å². The van der Waals surface area contributed by atoms with Crippen molar-refractivity contribution in [3.05, 3.63) is 0 Å². The SMILES string of the molecule is CC(C)(C)C(=O)N1CC(O)(C(F)(F)F)C[C@H]1OC=O. The number of rotatable bonds is 2. The number of hydrogen-bond donors (Lipinski definition) is 1. The summed E-state index contributed by atoms with van der Waals surface area (Å²) in [7, 11) is 0. The largest absolute Gasteiger partial charge is 0.444 e. The number of carbonyl (C=O) groups excluding carboxylic acids is 2. The van der Waals surface area contributed by atoms with Gasteiger partial charge in [-0.25, -0.2) is 0 Å². The summed E-state index contributed by atoms with van der Waals surface area (Å²) in [5.41, 5.74) is -4.00. The molecule has 1 heterocycles. The zero-order valence-corrected chi connectivity index (χ0v) is 10.8. The Kier molecular flexibility index (Phi) is 3.86. The third-order valence-corrected chi connectivity index (χ3v) is 2.93. The van der Waals surface area contributed by atoms with Gasteiger partial charge in [-0.15, -0.1) is 0 Å². The molecule has 0 aromatic carbocycles. The smallest absolute Gasteiger partial charge is 0.419 e. The maximum atomic E-state index is 12.8. The molecular weight excluding hydrogens is 267 g/mol. The Hall–Kier alpha value is -1.31. The van der Waals surface area contributed by atoms with Crippen LogP contribution in [0.3, 0.4) is 0 Å². The second kappa shape index (κ2) is 4.66. The molecule has 0 spiro atoms. The Morgan fingerprint density at radius 2 is 1.95 bits per heavy atom. The molecule has 1 fully saturated rings. The summed E-state index contributed by atoms with van der Waals surface area (Å²) < 4.78 is 42.8. The number of ether oxygens (including phenoxy) is 1. The number of halogens is 3. The molecule has 8 heteroatoms. The first-order chi connectivity index (χ1) is 8.42. The summed E-state index contributed by atoms with van der Waals surface area (Å²) in [6, 6.07) is 0. The molecular formula is C11H16F3NO4. The van der Waals surface area contributed by atoms with E-state index >= 15 is 0 Å². The molecule has 1 amide bonds. The number of hydrogen-bond acceptors (Lipinski definition) is 4. The predicted molar refractivity (Wildman–Crippen MR) is 57.7 cm³/mol. The highest BCUT2D eigenvalue weighted by molar-refractivity contribution is 5.82. The van der Waals surface area contributed by atoms with Gasteiger partial charge in [-0.2, -0.15) is 13.2 Å². The van der Waals surface area contributed by atoms with Gasteiger partial charge in [0.05, 0.1) is 6.54 Å². The van der Waals surface area contributed by atoms with Gasteiger partial charge in [0.1, 0.15) is 0 Å². The van der Waals surface area contributed by atoms with E-state index in [0.29, 0.717) is 0 Å². The molecule has 19 heavy (non-hydrogen) atoms. The van der Waals surface area contributed by atoms with Crippen LogP contribution < -0.4 is 0 Å². The zero-order valence-electron chi connectivity index (χ0n) is 10.8. The lowest BCUT2D eigenvalue weighted by molar-refractivity contribution is -0.255. The number of aliphatic hydroxyl groups is 1. The number of likely N-dealkylation sites (tertiary alicyclic amines) is 1. The van der Waals surface area contributed by atoms with Gasteiger partial charge >= 0.3 is 6.18 Å². The molecule has 0 aliphatic carbocycles. The lowest BCUT2D eigenvalue weighted by Crippen LogP contribution is -2.49. The van der Waals surface area contributed by atoms with E-state index in [4.69, 9.17) is 0 Å². The van der Waals surface area contributed by atoms with Crippen LogP contribution in [0.25, 0.3) is 0 Å². The Morgan fingerprint density at radius 3 is 2.32 bits per heavy atom. The molecule has 1 aliphatic heterocycles. The Bertz CT molecular complexity index is 377. The summed E-state index contributed by atoms with van der Waals surface area (Å²) in [6.07, 6.45) is -7.18. The molecule has 1 unspecified atom stereocenters. The van der Waals surface area contributed by atoms with E-state index in [0.717, 1.165) is 4.90 Å². The van der Waals surface area contributed by atoms with Crippen molar-refractivity contribution in [1.82, 2.24) is 4.90 Å². The normalized spacial score (nSPS) is 28.4. The van der Waals surface area contributed by atoms with Gasteiger partial charge in [0, 0.05) is 11.8 Å². The van der Waals surface area contributed by atoms with E-state index < -0.39 is 42.3 Å². The number of β-amino-alcohol motifs (C(OH)–C–C–N with tert-alkyl or cyclic N) is 1. The molecule has 1 aliphatic rings. The van der Waals surface area contributed by atoms with Crippen molar-refractivity contribution < 1.29 is 32.6 Å². The van der Waals surface area contributed by atoms with E-state index in [1.165, 1.54) is 20.8 Å². The fraction of sp³-hybridized carbons (Fsp3) is 0.818. The molecule has 0 aromatic heterocycles. The van der Waals surface area contributed by atoms with Crippen LogP contribution in [0.4, 0.5) is 13.2 Å².